The third-order valence-corrected chi connectivity index (χ3v) is 2.73. The molecule has 1 fully saturated rings. The number of H-pyrrole nitrogens is 1. The maximum atomic E-state index is 13.5. The minimum absolute atomic E-state index is 0.0965. The summed E-state index contributed by atoms with van der Waals surface area (Å²) in [6.45, 7) is 0. The van der Waals surface area contributed by atoms with E-state index in [1.807, 2.05) is 0 Å². The molecule has 2 atom stereocenters. The summed E-state index contributed by atoms with van der Waals surface area (Å²) in [5, 5.41) is 9.60. The first-order chi connectivity index (χ1) is 8.09. The second kappa shape index (κ2) is 4.48. The number of rotatable bonds is 3. The number of nitrogens with one attached hydrogen (secondary N) is 1. The van der Waals surface area contributed by atoms with Crippen LogP contribution in [0.5, 0.6) is 0 Å². The predicted molar refractivity (Wildman–Crippen MR) is 54.0 cm³/mol. The molecule has 0 aliphatic carbocycles. The van der Waals surface area contributed by atoms with Crippen LogP contribution in [0.1, 0.15) is 18.5 Å². The van der Waals surface area contributed by atoms with Gasteiger partial charge in [0.1, 0.15) is 6.04 Å². The number of likely N-dealkylation sites (tertiary alicyclic amines) is 1. The van der Waals surface area contributed by atoms with Crippen LogP contribution in [0.4, 0.5) is 4.39 Å². The van der Waals surface area contributed by atoms with Crippen LogP contribution in [0.3, 0.4) is 0 Å². The summed E-state index contributed by atoms with van der Waals surface area (Å²) in [4.78, 5) is 23.8. The summed E-state index contributed by atoms with van der Waals surface area (Å²) in [7, 11) is 0. The van der Waals surface area contributed by atoms with Crippen molar-refractivity contribution in [2.24, 2.45) is 5.73 Å². The summed E-state index contributed by atoms with van der Waals surface area (Å²) in [5.41, 5.74) is 5.53. The van der Waals surface area contributed by atoms with Crippen LogP contribution in [-0.2, 0) is 16.0 Å². The van der Waals surface area contributed by atoms with E-state index in [1.165, 1.54) is 6.20 Å². The molecule has 0 bridgehead atoms. The highest BCUT2D eigenvalue weighted by Gasteiger charge is 2.40. The molecule has 17 heavy (non-hydrogen) atoms. The molecule has 2 heterocycles. The first kappa shape index (κ1) is 11.5. The second-order valence-electron chi connectivity index (χ2n) is 3.87. The topological polar surface area (TPSA) is 105 Å². The molecule has 1 aliphatic rings. The molecule has 0 spiro atoms. The molecule has 2 rings (SSSR count). The van der Waals surface area contributed by atoms with Gasteiger partial charge in [-0.25, -0.2) is 4.39 Å². The van der Waals surface area contributed by atoms with Crippen molar-refractivity contribution < 1.29 is 14.0 Å². The average Bonchev–Trinajstić information content (AvgIpc) is 2.86. The van der Waals surface area contributed by atoms with Crippen LogP contribution in [0.25, 0.3) is 0 Å². The Morgan fingerprint density at radius 1 is 1.59 bits per heavy atom. The van der Waals surface area contributed by atoms with Crippen molar-refractivity contribution in [3.8, 4) is 0 Å². The van der Waals surface area contributed by atoms with E-state index in [-0.39, 0.29) is 19.3 Å². The van der Waals surface area contributed by atoms with Gasteiger partial charge in [0.25, 0.3) is 0 Å². The van der Waals surface area contributed by atoms with Gasteiger partial charge in [0.15, 0.2) is 6.30 Å². The quantitative estimate of drug-likeness (QED) is 0.670. The van der Waals surface area contributed by atoms with E-state index in [9.17, 15) is 14.0 Å². The summed E-state index contributed by atoms with van der Waals surface area (Å²) < 4.78 is 13.5. The van der Waals surface area contributed by atoms with E-state index >= 15 is 0 Å². The first-order valence-corrected chi connectivity index (χ1v) is 5.19. The number of carbonyl (C=O) groups excluding carboxylic acids is 2. The number of aromatic nitrogens is 3. The number of primary amides is 1. The maximum absolute atomic E-state index is 13.5. The lowest BCUT2D eigenvalue weighted by Gasteiger charge is -2.23. The summed E-state index contributed by atoms with van der Waals surface area (Å²) >= 11 is 0. The second-order valence-corrected chi connectivity index (χ2v) is 3.87. The molecule has 1 aromatic heterocycles. The van der Waals surface area contributed by atoms with Gasteiger partial charge in [-0.15, -0.1) is 0 Å². The van der Waals surface area contributed by atoms with Crippen LogP contribution in [0, 0.1) is 0 Å². The summed E-state index contributed by atoms with van der Waals surface area (Å²) in [5.74, 6) is -1.19. The Kier molecular flexibility index (Phi) is 3.03. The Morgan fingerprint density at radius 3 is 2.94 bits per heavy atom. The van der Waals surface area contributed by atoms with E-state index in [0.717, 1.165) is 4.90 Å². The van der Waals surface area contributed by atoms with Crippen LogP contribution < -0.4 is 5.73 Å². The highest BCUT2D eigenvalue weighted by atomic mass is 19.1. The maximum Gasteiger partial charge on any atom is 0.240 e. The van der Waals surface area contributed by atoms with Crippen LogP contribution in [0.15, 0.2) is 6.20 Å². The van der Waals surface area contributed by atoms with E-state index in [0.29, 0.717) is 5.69 Å². The number of hydrogen-bond acceptors (Lipinski definition) is 4. The largest absolute Gasteiger partial charge is 0.368 e. The van der Waals surface area contributed by atoms with Crippen LogP contribution >= 0.6 is 0 Å². The Hall–Kier alpha value is -1.99. The van der Waals surface area contributed by atoms with Gasteiger partial charge in [-0.3, -0.25) is 14.5 Å². The van der Waals surface area contributed by atoms with Crippen molar-refractivity contribution in [2.75, 3.05) is 0 Å². The van der Waals surface area contributed by atoms with E-state index in [4.69, 9.17) is 5.73 Å². The molecule has 0 aromatic carbocycles. The first-order valence-electron chi connectivity index (χ1n) is 5.19. The summed E-state index contributed by atoms with van der Waals surface area (Å²) in [6, 6.07) is -0.857. The van der Waals surface area contributed by atoms with Gasteiger partial charge >= 0.3 is 0 Å². The molecular formula is C9H12FN5O2. The monoisotopic (exact) mass is 241 g/mol. The molecule has 3 N–H and O–H groups in total. The van der Waals surface area contributed by atoms with E-state index < -0.39 is 24.2 Å². The molecule has 1 saturated heterocycles. The molecule has 7 nitrogen and oxygen atoms in total. The van der Waals surface area contributed by atoms with Gasteiger partial charge in [-0.1, -0.05) is 0 Å². The molecule has 1 aliphatic heterocycles. The average molecular weight is 241 g/mol. The molecule has 2 amide bonds. The lowest BCUT2D eigenvalue weighted by Crippen LogP contribution is -2.46. The number of carbonyl (C=O) groups is 2. The van der Waals surface area contributed by atoms with Crippen molar-refractivity contribution in [1.82, 2.24) is 20.3 Å². The zero-order valence-electron chi connectivity index (χ0n) is 8.97. The van der Waals surface area contributed by atoms with Gasteiger partial charge in [-0.05, 0) is 12.8 Å². The number of nitrogens with two attached hydrogens (primary N) is 1. The van der Waals surface area contributed by atoms with Crippen molar-refractivity contribution in [1.29, 1.82) is 0 Å². The highest BCUT2D eigenvalue weighted by molar-refractivity contribution is 5.88. The zero-order chi connectivity index (χ0) is 12.4. The van der Waals surface area contributed by atoms with E-state index in [2.05, 4.69) is 15.4 Å². The van der Waals surface area contributed by atoms with Gasteiger partial charge in [0.05, 0.1) is 18.3 Å². The Bertz CT molecular complexity index is 421. The fraction of sp³-hybridized carbons (Fsp3) is 0.556. The number of halogens is 1. The van der Waals surface area contributed by atoms with Crippen molar-refractivity contribution >= 4 is 11.8 Å². The number of nitrogens with zero attached hydrogens (tertiary/aromatic N) is 3. The fourth-order valence-electron chi connectivity index (χ4n) is 1.93. The standard InChI is InChI=1S/C9H12FN5O2/c10-7-2-1-6(9(11)17)15(7)8(16)3-5-4-12-14-13-5/h4,6-7H,1-3H2,(H2,11,17)(H,12,13,14). The summed E-state index contributed by atoms with van der Waals surface area (Å²) in [6.07, 6.45) is 0.229. The SMILES string of the molecule is NC(=O)C1CCC(F)N1C(=O)Cc1cn[nH]n1. The zero-order valence-corrected chi connectivity index (χ0v) is 8.97. The number of amides is 2. The molecule has 0 saturated carbocycles. The van der Waals surface area contributed by atoms with Crippen molar-refractivity contribution in [3.63, 3.8) is 0 Å². The number of aromatic amines is 1. The molecule has 2 unspecified atom stereocenters. The van der Waals surface area contributed by atoms with Gasteiger partial charge < -0.3 is 5.73 Å². The lowest BCUT2D eigenvalue weighted by molar-refractivity contribution is -0.141. The third kappa shape index (κ3) is 2.24. The highest BCUT2D eigenvalue weighted by Crippen LogP contribution is 2.25. The molecular weight excluding hydrogens is 229 g/mol. The number of alkyl halides is 1. The predicted octanol–water partition coefficient (Wildman–Crippen LogP) is -0.881. The van der Waals surface area contributed by atoms with Crippen molar-refractivity contribution in [2.45, 2.75) is 31.6 Å². The lowest BCUT2D eigenvalue weighted by atomic mass is 10.2. The Labute approximate surface area is 96.2 Å². The van der Waals surface area contributed by atoms with Crippen LogP contribution in [0.2, 0.25) is 0 Å². The van der Waals surface area contributed by atoms with Gasteiger partial charge in [-0.2, -0.15) is 15.4 Å². The minimum atomic E-state index is -1.45. The van der Waals surface area contributed by atoms with Crippen LogP contribution in [-0.4, -0.2) is 44.5 Å². The smallest absolute Gasteiger partial charge is 0.240 e. The molecule has 92 valence electrons. The molecule has 8 heteroatoms. The minimum Gasteiger partial charge on any atom is -0.368 e. The van der Waals surface area contributed by atoms with Gasteiger partial charge in [0.2, 0.25) is 11.8 Å². The Morgan fingerprint density at radius 2 is 2.35 bits per heavy atom. The third-order valence-electron chi connectivity index (χ3n) is 2.73. The molecule has 0 radical (unpaired) electrons. The fourth-order valence-corrected chi connectivity index (χ4v) is 1.93. The molecule has 1 aromatic rings. The van der Waals surface area contributed by atoms with Gasteiger partial charge in [0, 0.05) is 0 Å². The number of hydrogen-bond donors (Lipinski definition) is 2. The van der Waals surface area contributed by atoms with E-state index in [1.54, 1.807) is 0 Å². The van der Waals surface area contributed by atoms with Crippen molar-refractivity contribution in [3.05, 3.63) is 11.9 Å². The Balaban J connectivity index is 2.09. The normalized spacial score (nSPS) is 23.9.